The van der Waals surface area contributed by atoms with Crippen molar-refractivity contribution in [1.29, 1.82) is 0 Å². The van der Waals surface area contributed by atoms with Gasteiger partial charge in [0.25, 0.3) is 0 Å². The summed E-state index contributed by atoms with van der Waals surface area (Å²) in [5.74, 6) is 0.639. The molecule has 0 bridgehead atoms. The number of aryl methyl sites for hydroxylation is 1. The molecule has 3 aromatic heterocycles. The van der Waals surface area contributed by atoms with Crippen LogP contribution in [0.1, 0.15) is 35.8 Å². The second-order valence-corrected chi connectivity index (χ2v) is 9.85. The summed E-state index contributed by atoms with van der Waals surface area (Å²) in [6.45, 7) is 0. The van der Waals surface area contributed by atoms with Crippen LogP contribution in [0.2, 0.25) is 10.2 Å². The van der Waals surface area contributed by atoms with E-state index >= 15 is 0 Å². The molecule has 0 radical (unpaired) electrons. The average molecular weight is 563 g/mol. The van der Waals surface area contributed by atoms with Crippen molar-refractivity contribution in [2.24, 2.45) is 5.73 Å². The predicted octanol–water partition coefficient (Wildman–Crippen LogP) is 4.59. The summed E-state index contributed by atoms with van der Waals surface area (Å²) in [4.78, 5) is 18.9. The van der Waals surface area contributed by atoms with Crippen LogP contribution < -0.4 is 15.2 Å². The third kappa shape index (κ3) is 4.77. The Hall–Kier alpha value is -4.48. The van der Waals surface area contributed by atoms with Crippen LogP contribution in [0.15, 0.2) is 61.1 Å². The Balaban J connectivity index is 1.37. The standard InChI is InChI=1S/C26H20Cl2N8O3/c27-17-6-9-21(35-13-30-33-34-35)20(11-17)16-10-15-2-1-3-19(23(15)36(38)12-16)25-31-22(24(28)32-25)14-4-7-18(8-5-14)39-26(29)37/h4-13,19H,1-3H2,(H2,29,37)(H,31,32). The number of rotatable bonds is 5. The number of primary amides is 1. The molecule has 5 aromatic rings. The van der Waals surface area contributed by atoms with Gasteiger partial charge in [-0.05, 0) is 78.2 Å². The molecule has 1 aliphatic carbocycles. The summed E-state index contributed by atoms with van der Waals surface area (Å²) in [5.41, 5.74) is 10.1. The third-order valence-corrected chi connectivity index (χ3v) is 7.17. The second kappa shape index (κ2) is 10.0. The summed E-state index contributed by atoms with van der Waals surface area (Å²) in [7, 11) is 0. The van der Waals surface area contributed by atoms with Crippen molar-refractivity contribution in [2.75, 3.05) is 0 Å². The number of imidazole rings is 1. The summed E-state index contributed by atoms with van der Waals surface area (Å²) >= 11 is 12.8. The zero-order valence-electron chi connectivity index (χ0n) is 20.2. The van der Waals surface area contributed by atoms with E-state index in [4.69, 9.17) is 33.7 Å². The van der Waals surface area contributed by atoms with Crippen molar-refractivity contribution in [2.45, 2.75) is 25.2 Å². The van der Waals surface area contributed by atoms with E-state index in [0.29, 0.717) is 39.2 Å². The zero-order chi connectivity index (χ0) is 27.1. The molecule has 2 aromatic carbocycles. The fraction of sp³-hybridized carbons (Fsp3) is 0.154. The van der Waals surface area contributed by atoms with Gasteiger partial charge in [0.05, 0.1) is 11.4 Å². The SMILES string of the molecule is NC(=O)Oc1ccc(-c2[nH]c(C3CCCc4cc(-c5cc(Cl)ccc5-n5cnnn5)c[n+]([O-])c43)nc2Cl)cc1. The third-order valence-electron chi connectivity index (χ3n) is 6.66. The molecule has 3 N–H and O–H groups in total. The van der Waals surface area contributed by atoms with Gasteiger partial charge in [0.1, 0.15) is 23.8 Å². The Morgan fingerprint density at radius 2 is 1.97 bits per heavy atom. The molecule has 0 saturated heterocycles. The van der Waals surface area contributed by atoms with Gasteiger partial charge in [0.2, 0.25) is 5.69 Å². The Morgan fingerprint density at radius 3 is 2.72 bits per heavy atom. The molecule has 1 unspecified atom stereocenters. The van der Waals surface area contributed by atoms with Crippen molar-refractivity contribution in [3.05, 3.63) is 93.5 Å². The van der Waals surface area contributed by atoms with Crippen molar-refractivity contribution in [1.82, 2.24) is 30.2 Å². The van der Waals surface area contributed by atoms with E-state index in [9.17, 15) is 10.0 Å². The quantitative estimate of drug-likeness (QED) is 0.235. The first-order valence-electron chi connectivity index (χ1n) is 12.0. The number of benzene rings is 2. The largest absolute Gasteiger partial charge is 0.618 e. The van der Waals surface area contributed by atoms with Gasteiger partial charge < -0.3 is 20.7 Å². The van der Waals surface area contributed by atoms with E-state index in [-0.39, 0.29) is 11.1 Å². The molecule has 0 spiro atoms. The van der Waals surface area contributed by atoms with Gasteiger partial charge >= 0.3 is 6.09 Å². The number of ether oxygens (including phenoxy) is 1. The highest BCUT2D eigenvalue weighted by Gasteiger charge is 2.33. The van der Waals surface area contributed by atoms with Crippen molar-refractivity contribution in [3.63, 3.8) is 0 Å². The number of hydrogen-bond acceptors (Lipinski definition) is 7. The number of pyridine rings is 1. The predicted molar refractivity (Wildman–Crippen MR) is 143 cm³/mol. The average Bonchev–Trinajstić information content (AvgIpc) is 3.59. The van der Waals surface area contributed by atoms with Crippen molar-refractivity contribution < 1.29 is 14.3 Å². The van der Waals surface area contributed by atoms with Crippen molar-refractivity contribution in [3.8, 4) is 33.8 Å². The molecule has 1 atom stereocenters. The number of hydrogen-bond donors (Lipinski definition) is 2. The number of fused-ring (bicyclic) bond motifs is 1. The molecule has 0 aliphatic heterocycles. The number of tetrazole rings is 1. The van der Waals surface area contributed by atoms with Gasteiger partial charge in [-0.1, -0.05) is 23.2 Å². The number of carbonyl (C=O) groups excluding carboxylic acids is 1. The number of aromatic amines is 1. The van der Waals surface area contributed by atoms with Crippen LogP contribution in [0.5, 0.6) is 5.75 Å². The van der Waals surface area contributed by atoms with Crippen LogP contribution in [0, 0.1) is 5.21 Å². The topological polar surface area (TPSA) is 152 Å². The lowest BCUT2D eigenvalue weighted by atomic mass is 9.85. The van der Waals surface area contributed by atoms with E-state index in [2.05, 4.69) is 25.5 Å². The smallest absolute Gasteiger partial charge is 0.409 e. The molecule has 0 saturated carbocycles. The molecule has 196 valence electrons. The summed E-state index contributed by atoms with van der Waals surface area (Å²) < 4.78 is 7.33. The van der Waals surface area contributed by atoms with E-state index < -0.39 is 6.09 Å². The normalized spacial score (nSPS) is 14.7. The first-order chi connectivity index (χ1) is 18.9. The van der Waals surface area contributed by atoms with Crippen LogP contribution in [0.3, 0.4) is 0 Å². The highest BCUT2D eigenvalue weighted by molar-refractivity contribution is 6.32. The highest BCUT2D eigenvalue weighted by atomic mass is 35.5. The zero-order valence-corrected chi connectivity index (χ0v) is 21.7. The lowest BCUT2D eigenvalue weighted by Gasteiger charge is -2.23. The molecular formula is C26H20Cl2N8O3. The van der Waals surface area contributed by atoms with Crippen LogP contribution in [-0.2, 0) is 6.42 Å². The molecule has 3 heterocycles. The van der Waals surface area contributed by atoms with Gasteiger partial charge in [-0.3, -0.25) is 0 Å². The summed E-state index contributed by atoms with van der Waals surface area (Å²) in [6.07, 6.45) is 4.48. The Kier molecular flexibility index (Phi) is 6.37. The Bertz CT molecular complexity index is 1690. The number of nitrogens with zero attached hydrogens (tertiary/aromatic N) is 6. The van der Waals surface area contributed by atoms with Gasteiger partial charge in [-0.25, -0.2) is 9.78 Å². The number of halogens is 2. The summed E-state index contributed by atoms with van der Waals surface area (Å²) in [6, 6.07) is 14.1. The van der Waals surface area contributed by atoms with E-state index in [1.165, 1.54) is 11.0 Å². The number of nitrogens with one attached hydrogen (secondary N) is 1. The Morgan fingerprint density at radius 1 is 1.15 bits per heavy atom. The first-order valence-corrected chi connectivity index (χ1v) is 12.8. The lowest BCUT2D eigenvalue weighted by molar-refractivity contribution is -0.615. The number of aromatic nitrogens is 7. The minimum absolute atomic E-state index is 0.276. The van der Waals surface area contributed by atoms with Gasteiger partial charge in [0.15, 0.2) is 11.3 Å². The van der Waals surface area contributed by atoms with Crippen LogP contribution in [0.4, 0.5) is 4.79 Å². The number of carbonyl (C=O) groups is 1. The first kappa shape index (κ1) is 24.8. The molecule has 0 fully saturated rings. The van der Waals surface area contributed by atoms with E-state index in [1.54, 1.807) is 42.6 Å². The highest BCUT2D eigenvalue weighted by Crippen LogP contribution is 2.38. The number of nitrogens with two attached hydrogens (primary N) is 1. The van der Waals surface area contributed by atoms with Crippen LogP contribution in [-0.4, -0.2) is 36.3 Å². The molecule has 1 amide bonds. The van der Waals surface area contributed by atoms with E-state index in [1.807, 2.05) is 12.1 Å². The molecule has 13 heteroatoms. The second-order valence-electron chi connectivity index (χ2n) is 9.06. The van der Waals surface area contributed by atoms with Crippen molar-refractivity contribution >= 4 is 29.3 Å². The van der Waals surface area contributed by atoms with Crippen LogP contribution in [0.25, 0.3) is 28.1 Å². The maximum atomic E-state index is 13.5. The minimum atomic E-state index is -0.892. The van der Waals surface area contributed by atoms with E-state index in [0.717, 1.165) is 40.7 Å². The fourth-order valence-corrected chi connectivity index (χ4v) is 5.42. The van der Waals surface area contributed by atoms with Gasteiger partial charge in [-0.2, -0.15) is 9.41 Å². The fourth-order valence-electron chi connectivity index (χ4n) is 5.00. The maximum absolute atomic E-state index is 13.5. The molecular weight excluding hydrogens is 543 g/mol. The maximum Gasteiger partial charge on any atom is 0.409 e. The number of amides is 1. The lowest BCUT2D eigenvalue weighted by Crippen LogP contribution is -2.37. The van der Waals surface area contributed by atoms with Gasteiger partial charge in [-0.15, -0.1) is 5.10 Å². The molecule has 6 rings (SSSR count). The molecule has 39 heavy (non-hydrogen) atoms. The summed E-state index contributed by atoms with van der Waals surface area (Å²) in [5, 5.41) is 25.8. The minimum Gasteiger partial charge on any atom is -0.618 e. The molecule has 11 nitrogen and oxygen atoms in total. The monoisotopic (exact) mass is 562 g/mol. The van der Waals surface area contributed by atoms with Gasteiger partial charge in [0, 0.05) is 27.3 Å². The van der Waals surface area contributed by atoms with Crippen LogP contribution >= 0.6 is 23.2 Å². The Labute approximate surface area is 231 Å². The number of H-pyrrole nitrogens is 1. The molecule has 1 aliphatic rings.